The molecule has 0 radical (unpaired) electrons. The van der Waals surface area contributed by atoms with Gasteiger partial charge in [0.1, 0.15) is 5.82 Å². The van der Waals surface area contributed by atoms with E-state index in [1.54, 1.807) is 0 Å². The Hall–Kier alpha value is -0.980. The van der Waals surface area contributed by atoms with Gasteiger partial charge in [0.25, 0.3) is 0 Å². The molecular formula is C15H23FN2O2S. The third-order valence-electron chi connectivity index (χ3n) is 4.17. The molecule has 0 bridgehead atoms. The van der Waals surface area contributed by atoms with Gasteiger partial charge >= 0.3 is 0 Å². The van der Waals surface area contributed by atoms with Gasteiger partial charge in [0.15, 0.2) is 0 Å². The molecule has 118 valence electrons. The maximum atomic E-state index is 13.2. The third-order valence-corrected chi connectivity index (χ3v) is 6.06. The van der Waals surface area contributed by atoms with E-state index in [0.717, 1.165) is 25.5 Å². The largest absolute Gasteiger partial charge is 0.314 e. The van der Waals surface area contributed by atoms with Gasteiger partial charge in [0.2, 0.25) is 10.0 Å². The first kappa shape index (κ1) is 16.4. The van der Waals surface area contributed by atoms with Crippen molar-refractivity contribution in [3.63, 3.8) is 0 Å². The molecule has 0 saturated carbocycles. The first-order chi connectivity index (χ1) is 9.95. The highest BCUT2D eigenvalue weighted by Crippen LogP contribution is 2.25. The molecule has 0 aliphatic carbocycles. The summed E-state index contributed by atoms with van der Waals surface area (Å²) < 4.78 is 39.7. The first-order valence-corrected chi connectivity index (χ1v) is 8.88. The average molecular weight is 314 g/mol. The van der Waals surface area contributed by atoms with E-state index < -0.39 is 15.8 Å². The van der Waals surface area contributed by atoms with Crippen LogP contribution in [-0.2, 0) is 10.0 Å². The molecule has 4 nitrogen and oxygen atoms in total. The Bertz CT molecular complexity index is 569. The van der Waals surface area contributed by atoms with E-state index in [1.165, 1.54) is 22.5 Å². The van der Waals surface area contributed by atoms with Gasteiger partial charge in [-0.25, -0.2) is 12.8 Å². The van der Waals surface area contributed by atoms with Crippen LogP contribution in [0.25, 0.3) is 0 Å². The number of nitrogens with one attached hydrogen (secondary N) is 1. The molecule has 0 amide bonds. The molecule has 1 unspecified atom stereocenters. The Morgan fingerprint density at radius 1 is 1.38 bits per heavy atom. The molecule has 2 rings (SSSR count). The zero-order valence-electron chi connectivity index (χ0n) is 12.5. The normalized spacial score (nSPS) is 19.6. The summed E-state index contributed by atoms with van der Waals surface area (Å²) in [5.74, 6) is -0.0318. The summed E-state index contributed by atoms with van der Waals surface area (Å²) in [5, 5.41) is 3.39. The molecule has 1 atom stereocenters. The van der Waals surface area contributed by atoms with E-state index in [-0.39, 0.29) is 4.90 Å². The Kier molecular flexibility index (Phi) is 5.35. The molecule has 1 saturated heterocycles. The van der Waals surface area contributed by atoms with Crippen LogP contribution in [0.2, 0.25) is 0 Å². The molecule has 0 spiro atoms. The maximum absolute atomic E-state index is 13.2. The number of nitrogens with zero attached hydrogens (tertiary/aromatic N) is 1. The topological polar surface area (TPSA) is 49.4 Å². The summed E-state index contributed by atoms with van der Waals surface area (Å²) in [6.07, 6.45) is 1.67. The smallest absolute Gasteiger partial charge is 0.243 e. The van der Waals surface area contributed by atoms with Gasteiger partial charge in [-0.15, -0.1) is 0 Å². The van der Waals surface area contributed by atoms with Gasteiger partial charge in [-0.05, 0) is 50.4 Å². The third kappa shape index (κ3) is 3.81. The Morgan fingerprint density at radius 3 is 2.62 bits per heavy atom. The predicted molar refractivity (Wildman–Crippen MR) is 81.0 cm³/mol. The monoisotopic (exact) mass is 314 g/mol. The van der Waals surface area contributed by atoms with Gasteiger partial charge in [-0.1, -0.05) is 13.0 Å². The van der Waals surface area contributed by atoms with Gasteiger partial charge < -0.3 is 5.32 Å². The maximum Gasteiger partial charge on any atom is 0.243 e. The average Bonchev–Trinajstić information content (AvgIpc) is 2.47. The molecule has 1 aliphatic rings. The molecule has 21 heavy (non-hydrogen) atoms. The summed E-state index contributed by atoms with van der Waals surface area (Å²) in [5.41, 5.74) is 0. The number of hydrogen-bond acceptors (Lipinski definition) is 3. The summed E-state index contributed by atoms with van der Waals surface area (Å²) in [6, 6.07) is 5.62. The fraction of sp³-hybridized carbons (Fsp3) is 0.600. The van der Waals surface area contributed by atoms with Crippen LogP contribution < -0.4 is 5.32 Å². The highest BCUT2D eigenvalue weighted by molar-refractivity contribution is 7.89. The summed E-state index contributed by atoms with van der Waals surface area (Å²) in [7, 11) is -3.57. The van der Waals surface area contributed by atoms with Crippen LogP contribution in [-0.4, -0.2) is 38.4 Å². The van der Waals surface area contributed by atoms with Crippen molar-refractivity contribution in [1.82, 2.24) is 9.62 Å². The second kappa shape index (κ2) is 6.85. The quantitative estimate of drug-likeness (QED) is 0.906. The number of rotatable bonds is 5. The molecule has 6 heteroatoms. The molecular weight excluding hydrogens is 291 g/mol. The minimum atomic E-state index is -3.57. The van der Waals surface area contributed by atoms with E-state index >= 15 is 0 Å². The Morgan fingerprint density at radius 2 is 2.05 bits per heavy atom. The van der Waals surface area contributed by atoms with Crippen molar-refractivity contribution in [2.45, 2.75) is 37.6 Å². The second-order valence-corrected chi connectivity index (χ2v) is 7.48. The summed E-state index contributed by atoms with van der Waals surface area (Å²) in [6.45, 7) is 6.13. The number of sulfonamides is 1. The lowest BCUT2D eigenvalue weighted by Crippen LogP contribution is -2.44. The molecule has 1 heterocycles. The second-order valence-electron chi connectivity index (χ2n) is 5.55. The predicted octanol–water partition coefficient (Wildman–Crippen LogP) is 2.22. The van der Waals surface area contributed by atoms with Gasteiger partial charge in [-0.3, -0.25) is 0 Å². The molecule has 1 aromatic rings. The lowest BCUT2D eigenvalue weighted by atomic mass is 9.91. The van der Waals surface area contributed by atoms with Crippen LogP contribution in [0.3, 0.4) is 0 Å². The molecule has 1 fully saturated rings. The Balaban J connectivity index is 2.04. The van der Waals surface area contributed by atoms with Crippen molar-refractivity contribution >= 4 is 10.0 Å². The fourth-order valence-corrected chi connectivity index (χ4v) is 4.38. The lowest BCUT2D eigenvalue weighted by Gasteiger charge is -2.34. The van der Waals surface area contributed by atoms with Crippen molar-refractivity contribution in [3.05, 3.63) is 30.1 Å². The van der Waals surface area contributed by atoms with E-state index in [2.05, 4.69) is 19.2 Å². The molecule has 1 aromatic carbocycles. The van der Waals surface area contributed by atoms with Crippen LogP contribution >= 0.6 is 0 Å². The van der Waals surface area contributed by atoms with E-state index in [1.807, 2.05) is 0 Å². The Labute approximate surface area is 126 Å². The highest BCUT2D eigenvalue weighted by atomic mass is 32.2. The number of hydrogen-bond donors (Lipinski definition) is 1. The minimum absolute atomic E-state index is 0.0423. The van der Waals surface area contributed by atoms with Crippen LogP contribution in [0.5, 0.6) is 0 Å². The van der Waals surface area contributed by atoms with Crippen molar-refractivity contribution in [3.8, 4) is 0 Å². The van der Waals surface area contributed by atoms with Crippen LogP contribution in [0.15, 0.2) is 29.2 Å². The standard InChI is InChI=1S/C15H23FN2O2S/c1-3-17-12(2)13-7-9-18(10-8-13)21(19,20)15-6-4-5-14(16)11-15/h4-6,11-13,17H,3,7-10H2,1-2H3. The van der Waals surface area contributed by atoms with E-state index in [4.69, 9.17) is 0 Å². The van der Waals surface area contributed by atoms with Crippen molar-refractivity contribution < 1.29 is 12.8 Å². The number of piperidine rings is 1. The number of halogens is 1. The van der Waals surface area contributed by atoms with Crippen LogP contribution in [0.1, 0.15) is 26.7 Å². The van der Waals surface area contributed by atoms with E-state index in [9.17, 15) is 12.8 Å². The fourth-order valence-electron chi connectivity index (χ4n) is 2.88. The zero-order valence-corrected chi connectivity index (χ0v) is 13.4. The number of benzene rings is 1. The molecule has 1 N–H and O–H groups in total. The van der Waals surface area contributed by atoms with Gasteiger partial charge in [0.05, 0.1) is 4.90 Å². The molecule has 1 aliphatic heterocycles. The highest BCUT2D eigenvalue weighted by Gasteiger charge is 2.31. The summed E-state index contributed by atoms with van der Waals surface area (Å²) in [4.78, 5) is 0.0423. The van der Waals surface area contributed by atoms with E-state index in [0.29, 0.717) is 25.0 Å². The van der Waals surface area contributed by atoms with Gasteiger partial charge in [-0.2, -0.15) is 4.31 Å². The zero-order chi connectivity index (χ0) is 15.5. The van der Waals surface area contributed by atoms with Crippen molar-refractivity contribution in [2.75, 3.05) is 19.6 Å². The lowest BCUT2D eigenvalue weighted by molar-refractivity contribution is 0.232. The van der Waals surface area contributed by atoms with Crippen LogP contribution in [0.4, 0.5) is 4.39 Å². The molecule has 0 aromatic heterocycles. The first-order valence-electron chi connectivity index (χ1n) is 7.44. The SMILES string of the molecule is CCNC(C)C1CCN(S(=O)(=O)c2cccc(F)c2)CC1. The van der Waals surface area contributed by atoms with Crippen molar-refractivity contribution in [2.24, 2.45) is 5.92 Å². The summed E-state index contributed by atoms with van der Waals surface area (Å²) >= 11 is 0. The van der Waals surface area contributed by atoms with Gasteiger partial charge in [0, 0.05) is 19.1 Å². The van der Waals surface area contributed by atoms with Crippen LogP contribution in [0, 0.1) is 11.7 Å². The minimum Gasteiger partial charge on any atom is -0.314 e. The van der Waals surface area contributed by atoms with Crippen molar-refractivity contribution in [1.29, 1.82) is 0 Å².